The van der Waals surface area contributed by atoms with Crippen molar-refractivity contribution in [2.45, 2.75) is 19.4 Å². The molecule has 0 aromatic rings. The predicted octanol–water partition coefficient (Wildman–Crippen LogP) is -0.859. The Bertz CT molecular complexity index is 183. The number of carboxylic acid groups (broad SMARTS) is 1. The third kappa shape index (κ3) is 5.92. The average molecular weight is 190 g/mol. The van der Waals surface area contributed by atoms with Gasteiger partial charge in [0.25, 0.3) is 0 Å². The van der Waals surface area contributed by atoms with Crippen LogP contribution in [0.25, 0.3) is 0 Å². The smallest absolute Gasteiger partial charge is 0.334 e. The second kappa shape index (κ2) is 6.24. The summed E-state index contributed by atoms with van der Waals surface area (Å²) in [6, 6.07) is -0.470. The molecule has 0 fully saturated rings. The van der Waals surface area contributed by atoms with Gasteiger partial charge in [0.05, 0.1) is 6.54 Å². The zero-order valence-corrected chi connectivity index (χ0v) is 7.41. The van der Waals surface area contributed by atoms with Crippen LogP contribution in [0, 0.1) is 0 Å². The number of urea groups is 1. The number of aliphatic hydroxyl groups excluding tert-OH is 1. The third-order valence-electron chi connectivity index (χ3n) is 1.28. The van der Waals surface area contributed by atoms with Crippen molar-refractivity contribution in [3.63, 3.8) is 0 Å². The van der Waals surface area contributed by atoms with E-state index < -0.39 is 18.1 Å². The molecule has 4 N–H and O–H groups in total. The zero-order chi connectivity index (χ0) is 10.3. The fourth-order valence-corrected chi connectivity index (χ4v) is 0.578. The highest BCUT2D eigenvalue weighted by molar-refractivity contribution is 5.76. The lowest BCUT2D eigenvalue weighted by molar-refractivity contribution is -0.146. The molecular formula is C7H14N2O4. The molecule has 76 valence electrons. The Labute approximate surface area is 75.9 Å². The SMILES string of the molecule is CCCNC(=O)NCC(O)C(=O)O. The second-order valence-corrected chi connectivity index (χ2v) is 2.49. The molecule has 2 amide bonds. The Hall–Kier alpha value is -1.30. The van der Waals surface area contributed by atoms with Gasteiger partial charge in [-0.25, -0.2) is 9.59 Å². The van der Waals surface area contributed by atoms with Crippen LogP contribution >= 0.6 is 0 Å². The van der Waals surface area contributed by atoms with Crippen LogP contribution in [0.5, 0.6) is 0 Å². The number of hydrogen-bond acceptors (Lipinski definition) is 3. The van der Waals surface area contributed by atoms with Gasteiger partial charge in [0.15, 0.2) is 6.10 Å². The number of hydrogen-bond donors (Lipinski definition) is 4. The van der Waals surface area contributed by atoms with E-state index in [2.05, 4.69) is 10.6 Å². The van der Waals surface area contributed by atoms with E-state index in [9.17, 15) is 9.59 Å². The van der Waals surface area contributed by atoms with E-state index in [4.69, 9.17) is 10.2 Å². The molecule has 0 spiro atoms. The summed E-state index contributed by atoms with van der Waals surface area (Å²) in [5, 5.41) is 21.7. The maximum absolute atomic E-state index is 10.8. The second-order valence-electron chi connectivity index (χ2n) is 2.49. The Kier molecular flexibility index (Phi) is 5.62. The largest absolute Gasteiger partial charge is 0.479 e. The van der Waals surface area contributed by atoms with Crippen molar-refractivity contribution in [2.75, 3.05) is 13.1 Å². The lowest BCUT2D eigenvalue weighted by atomic mass is 10.4. The number of carboxylic acids is 1. The Morgan fingerprint density at radius 1 is 1.38 bits per heavy atom. The van der Waals surface area contributed by atoms with Crippen molar-refractivity contribution >= 4 is 12.0 Å². The van der Waals surface area contributed by atoms with Crippen molar-refractivity contribution in [1.29, 1.82) is 0 Å². The number of amides is 2. The number of carbonyl (C=O) groups excluding carboxylic acids is 1. The lowest BCUT2D eigenvalue weighted by Crippen LogP contribution is -2.42. The molecule has 0 radical (unpaired) electrons. The summed E-state index contributed by atoms with van der Waals surface area (Å²) in [6.07, 6.45) is -0.748. The molecule has 1 unspecified atom stereocenters. The summed E-state index contributed by atoms with van der Waals surface area (Å²) in [7, 11) is 0. The minimum absolute atomic E-state index is 0.287. The maximum atomic E-state index is 10.8. The van der Waals surface area contributed by atoms with Gasteiger partial charge < -0.3 is 20.8 Å². The predicted molar refractivity (Wildman–Crippen MR) is 45.3 cm³/mol. The quantitative estimate of drug-likeness (QED) is 0.453. The van der Waals surface area contributed by atoms with Gasteiger partial charge in [0.2, 0.25) is 0 Å². The van der Waals surface area contributed by atoms with Gasteiger partial charge in [-0.2, -0.15) is 0 Å². The minimum atomic E-state index is -1.55. The zero-order valence-electron chi connectivity index (χ0n) is 7.41. The Balaban J connectivity index is 3.52. The summed E-state index contributed by atoms with van der Waals surface area (Å²) in [4.78, 5) is 20.9. The van der Waals surface area contributed by atoms with E-state index in [1.807, 2.05) is 6.92 Å². The monoisotopic (exact) mass is 190 g/mol. The summed E-state index contributed by atoms with van der Waals surface area (Å²) < 4.78 is 0. The van der Waals surface area contributed by atoms with E-state index in [-0.39, 0.29) is 6.54 Å². The first-order valence-electron chi connectivity index (χ1n) is 4.00. The molecule has 0 rings (SSSR count). The van der Waals surface area contributed by atoms with Gasteiger partial charge >= 0.3 is 12.0 Å². The standard InChI is InChI=1S/C7H14N2O4/c1-2-3-8-7(13)9-4-5(10)6(11)12/h5,10H,2-4H2,1H3,(H,11,12)(H2,8,9,13). The Morgan fingerprint density at radius 2 is 2.00 bits per heavy atom. The van der Waals surface area contributed by atoms with Gasteiger partial charge in [-0.1, -0.05) is 6.92 Å². The van der Waals surface area contributed by atoms with Crippen LogP contribution in [0.1, 0.15) is 13.3 Å². The van der Waals surface area contributed by atoms with E-state index in [0.29, 0.717) is 6.54 Å². The average Bonchev–Trinajstić information content (AvgIpc) is 2.10. The van der Waals surface area contributed by atoms with Crippen LogP contribution in [0.3, 0.4) is 0 Å². The molecule has 6 heteroatoms. The summed E-state index contributed by atoms with van der Waals surface area (Å²) in [5.41, 5.74) is 0. The van der Waals surface area contributed by atoms with Crippen LogP contribution in [-0.2, 0) is 4.79 Å². The van der Waals surface area contributed by atoms with Crippen molar-refractivity contribution in [3.05, 3.63) is 0 Å². The molecule has 0 aliphatic rings. The third-order valence-corrected chi connectivity index (χ3v) is 1.28. The van der Waals surface area contributed by atoms with E-state index in [0.717, 1.165) is 6.42 Å². The highest BCUT2D eigenvalue weighted by atomic mass is 16.4. The van der Waals surface area contributed by atoms with Crippen molar-refractivity contribution < 1.29 is 19.8 Å². The molecule has 0 saturated carbocycles. The van der Waals surface area contributed by atoms with Gasteiger partial charge in [0.1, 0.15) is 0 Å². The van der Waals surface area contributed by atoms with E-state index in [1.54, 1.807) is 0 Å². The Morgan fingerprint density at radius 3 is 2.46 bits per heavy atom. The van der Waals surface area contributed by atoms with Crippen molar-refractivity contribution in [1.82, 2.24) is 10.6 Å². The highest BCUT2D eigenvalue weighted by Crippen LogP contribution is 1.79. The number of aliphatic carboxylic acids is 1. The molecule has 0 aromatic heterocycles. The first kappa shape index (κ1) is 11.7. The molecule has 0 heterocycles. The number of aliphatic hydroxyl groups is 1. The number of nitrogens with one attached hydrogen (secondary N) is 2. The summed E-state index contributed by atoms with van der Waals surface area (Å²) in [6.45, 7) is 2.13. The fourth-order valence-electron chi connectivity index (χ4n) is 0.578. The van der Waals surface area contributed by atoms with Crippen LogP contribution in [-0.4, -0.2) is 41.4 Å². The van der Waals surface area contributed by atoms with Crippen LogP contribution in [0.2, 0.25) is 0 Å². The molecule has 6 nitrogen and oxygen atoms in total. The summed E-state index contributed by atoms with van der Waals surface area (Å²) in [5.74, 6) is -1.35. The van der Waals surface area contributed by atoms with Gasteiger partial charge in [-0.05, 0) is 6.42 Å². The van der Waals surface area contributed by atoms with Crippen LogP contribution in [0.15, 0.2) is 0 Å². The first-order valence-corrected chi connectivity index (χ1v) is 4.00. The van der Waals surface area contributed by atoms with Gasteiger partial charge in [-0.3, -0.25) is 0 Å². The topological polar surface area (TPSA) is 98.7 Å². The fraction of sp³-hybridized carbons (Fsp3) is 0.714. The number of rotatable bonds is 5. The van der Waals surface area contributed by atoms with Crippen LogP contribution < -0.4 is 10.6 Å². The number of carbonyl (C=O) groups is 2. The normalized spacial score (nSPS) is 11.8. The molecule has 0 aliphatic heterocycles. The minimum Gasteiger partial charge on any atom is -0.479 e. The maximum Gasteiger partial charge on any atom is 0.334 e. The van der Waals surface area contributed by atoms with E-state index >= 15 is 0 Å². The summed E-state index contributed by atoms with van der Waals surface area (Å²) >= 11 is 0. The van der Waals surface area contributed by atoms with Gasteiger partial charge in [0, 0.05) is 6.54 Å². The van der Waals surface area contributed by atoms with Crippen molar-refractivity contribution in [3.8, 4) is 0 Å². The van der Waals surface area contributed by atoms with Crippen molar-refractivity contribution in [2.24, 2.45) is 0 Å². The molecule has 13 heavy (non-hydrogen) atoms. The molecule has 0 aromatic carbocycles. The highest BCUT2D eigenvalue weighted by Gasteiger charge is 2.13. The molecular weight excluding hydrogens is 176 g/mol. The lowest BCUT2D eigenvalue weighted by Gasteiger charge is -2.08. The molecule has 0 saturated heterocycles. The molecule has 1 atom stereocenters. The molecule has 0 aliphatic carbocycles. The van der Waals surface area contributed by atoms with Gasteiger partial charge in [-0.15, -0.1) is 0 Å². The van der Waals surface area contributed by atoms with Crippen LogP contribution in [0.4, 0.5) is 4.79 Å². The molecule has 0 bridgehead atoms. The first-order chi connectivity index (χ1) is 6.07. The van der Waals surface area contributed by atoms with E-state index in [1.165, 1.54) is 0 Å².